The Kier molecular flexibility index (Phi) is 3.42. The lowest BCUT2D eigenvalue weighted by atomic mass is 10.0. The van der Waals surface area contributed by atoms with E-state index in [0.29, 0.717) is 16.3 Å². The largest absolute Gasteiger partial charge is 0.275 e. The molecule has 4 nitrogen and oxygen atoms in total. The zero-order chi connectivity index (χ0) is 12.4. The van der Waals surface area contributed by atoms with Crippen LogP contribution in [0.5, 0.6) is 0 Å². The second-order valence-corrected chi connectivity index (χ2v) is 4.09. The number of nitrogens with one attached hydrogen (secondary N) is 1. The number of nitrogens with zero attached hydrogens (tertiary/aromatic N) is 2. The molecule has 1 unspecified atom stereocenters. The molecule has 17 heavy (non-hydrogen) atoms. The standard InChI is InChI=1S/C11H12ClFN4/c1-17-5-4-10(16-17)11(15-14)8-6-7(13)2-3-9(8)12/h2-6,11,15H,14H2,1H3. The average molecular weight is 255 g/mol. The Morgan fingerprint density at radius 2 is 2.24 bits per heavy atom. The summed E-state index contributed by atoms with van der Waals surface area (Å²) in [4.78, 5) is 0. The van der Waals surface area contributed by atoms with Crippen molar-refractivity contribution in [3.8, 4) is 0 Å². The molecule has 1 aromatic carbocycles. The maximum absolute atomic E-state index is 13.2. The van der Waals surface area contributed by atoms with Crippen LogP contribution in [-0.4, -0.2) is 9.78 Å². The summed E-state index contributed by atoms with van der Waals surface area (Å²) in [7, 11) is 1.80. The molecule has 0 aliphatic carbocycles. The summed E-state index contributed by atoms with van der Waals surface area (Å²) >= 11 is 6.03. The van der Waals surface area contributed by atoms with Crippen molar-refractivity contribution in [2.24, 2.45) is 12.9 Å². The number of halogens is 2. The zero-order valence-electron chi connectivity index (χ0n) is 9.19. The summed E-state index contributed by atoms with van der Waals surface area (Å²) in [5, 5.41) is 4.67. The van der Waals surface area contributed by atoms with E-state index in [1.165, 1.54) is 18.2 Å². The number of hydrazine groups is 1. The van der Waals surface area contributed by atoms with E-state index in [9.17, 15) is 4.39 Å². The minimum absolute atomic E-state index is 0.361. The lowest BCUT2D eigenvalue weighted by Crippen LogP contribution is -2.29. The van der Waals surface area contributed by atoms with Gasteiger partial charge in [-0.3, -0.25) is 10.5 Å². The molecule has 0 fully saturated rings. The summed E-state index contributed by atoms with van der Waals surface area (Å²) in [6.07, 6.45) is 1.78. The summed E-state index contributed by atoms with van der Waals surface area (Å²) < 4.78 is 14.9. The van der Waals surface area contributed by atoms with Crippen molar-refractivity contribution < 1.29 is 4.39 Å². The Bertz CT molecular complexity index is 526. The molecular weight excluding hydrogens is 243 g/mol. The van der Waals surface area contributed by atoms with Crippen LogP contribution < -0.4 is 11.3 Å². The number of hydrogen-bond acceptors (Lipinski definition) is 3. The molecule has 1 atom stereocenters. The van der Waals surface area contributed by atoms with Gasteiger partial charge in [-0.25, -0.2) is 9.82 Å². The molecule has 0 saturated carbocycles. The predicted molar refractivity (Wildman–Crippen MR) is 63.8 cm³/mol. The fourth-order valence-corrected chi connectivity index (χ4v) is 1.88. The molecule has 1 heterocycles. The Morgan fingerprint density at radius 3 is 2.82 bits per heavy atom. The van der Waals surface area contributed by atoms with E-state index in [-0.39, 0.29) is 5.82 Å². The second-order valence-electron chi connectivity index (χ2n) is 3.68. The minimum atomic E-state index is -0.431. The van der Waals surface area contributed by atoms with E-state index in [0.717, 1.165) is 0 Å². The van der Waals surface area contributed by atoms with E-state index in [2.05, 4.69) is 10.5 Å². The van der Waals surface area contributed by atoms with Crippen LogP contribution in [0.2, 0.25) is 5.02 Å². The molecule has 0 spiro atoms. The third-order valence-corrected chi connectivity index (χ3v) is 2.81. The third kappa shape index (κ3) is 2.46. The van der Waals surface area contributed by atoms with Crippen LogP contribution in [0.25, 0.3) is 0 Å². The summed E-state index contributed by atoms with van der Waals surface area (Å²) in [5.41, 5.74) is 3.83. The molecule has 1 aromatic heterocycles. The monoisotopic (exact) mass is 254 g/mol. The van der Waals surface area contributed by atoms with Gasteiger partial charge in [0.05, 0.1) is 11.7 Å². The smallest absolute Gasteiger partial charge is 0.123 e. The van der Waals surface area contributed by atoms with Crippen LogP contribution in [0.3, 0.4) is 0 Å². The first-order valence-corrected chi connectivity index (χ1v) is 5.40. The van der Waals surface area contributed by atoms with Gasteiger partial charge in [-0.2, -0.15) is 5.10 Å². The number of rotatable bonds is 3. The molecule has 0 radical (unpaired) electrons. The SMILES string of the molecule is Cn1ccc(C(NN)c2cc(F)ccc2Cl)n1. The fourth-order valence-electron chi connectivity index (χ4n) is 1.66. The van der Waals surface area contributed by atoms with Crippen molar-refractivity contribution in [1.29, 1.82) is 0 Å². The van der Waals surface area contributed by atoms with E-state index >= 15 is 0 Å². The Balaban J connectivity index is 2.45. The lowest BCUT2D eigenvalue weighted by Gasteiger charge is -2.15. The molecule has 6 heteroatoms. The highest BCUT2D eigenvalue weighted by atomic mass is 35.5. The van der Waals surface area contributed by atoms with Gasteiger partial charge in [-0.15, -0.1) is 0 Å². The zero-order valence-corrected chi connectivity index (χ0v) is 9.95. The van der Waals surface area contributed by atoms with Crippen molar-refractivity contribution in [2.75, 3.05) is 0 Å². The Morgan fingerprint density at radius 1 is 1.47 bits per heavy atom. The summed E-state index contributed by atoms with van der Waals surface area (Å²) in [6, 6.07) is 5.52. The van der Waals surface area contributed by atoms with Crippen molar-refractivity contribution >= 4 is 11.6 Å². The van der Waals surface area contributed by atoms with Crippen LogP contribution in [0.4, 0.5) is 4.39 Å². The number of aromatic nitrogens is 2. The molecule has 3 N–H and O–H groups in total. The highest BCUT2D eigenvalue weighted by Gasteiger charge is 2.18. The Labute approximate surface area is 103 Å². The first-order valence-electron chi connectivity index (χ1n) is 5.02. The Hall–Kier alpha value is -1.43. The molecule has 0 saturated heterocycles. The fraction of sp³-hybridized carbons (Fsp3) is 0.182. The van der Waals surface area contributed by atoms with Crippen molar-refractivity contribution in [3.05, 3.63) is 52.6 Å². The number of nitrogens with two attached hydrogens (primary N) is 1. The van der Waals surface area contributed by atoms with Crippen molar-refractivity contribution in [1.82, 2.24) is 15.2 Å². The quantitative estimate of drug-likeness (QED) is 0.648. The van der Waals surface area contributed by atoms with Gasteiger partial charge in [0.1, 0.15) is 5.82 Å². The molecule has 2 aromatic rings. The number of aryl methyl sites for hydroxylation is 1. The molecule has 0 aliphatic heterocycles. The maximum atomic E-state index is 13.2. The number of benzene rings is 1. The van der Waals surface area contributed by atoms with Crippen LogP contribution in [0, 0.1) is 5.82 Å². The molecule has 0 amide bonds. The lowest BCUT2D eigenvalue weighted by molar-refractivity contribution is 0.588. The molecular formula is C11H12ClFN4. The van der Waals surface area contributed by atoms with Crippen molar-refractivity contribution in [2.45, 2.75) is 6.04 Å². The van der Waals surface area contributed by atoms with E-state index in [1.807, 2.05) is 0 Å². The van der Waals surface area contributed by atoms with Gasteiger partial charge < -0.3 is 0 Å². The van der Waals surface area contributed by atoms with Crippen molar-refractivity contribution in [3.63, 3.8) is 0 Å². The van der Waals surface area contributed by atoms with Gasteiger partial charge in [-0.05, 0) is 29.8 Å². The molecule has 90 valence electrons. The first kappa shape index (κ1) is 12.0. The van der Waals surface area contributed by atoms with Gasteiger partial charge >= 0.3 is 0 Å². The molecule has 0 aliphatic rings. The van der Waals surface area contributed by atoms with Gasteiger partial charge in [0, 0.05) is 18.3 Å². The predicted octanol–water partition coefficient (Wildman–Crippen LogP) is 1.77. The van der Waals surface area contributed by atoms with Crippen LogP contribution in [0.15, 0.2) is 30.5 Å². The average Bonchev–Trinajstić information content (AvgIpc) is 2.71. The highest BCUT2D eigenvalue weighted by molar-refractivity contribution is 6.31. The summed E-state index contributed by atoms with van der Waals surface area (Å²) in [6.45, 7) is 0. The first-order chi connectivity index (χ1) is 8.11. The van der Waals surface area contributed by atoms with Gasteiger partial charge in [-0.1, -0.05) is 11.6 Å². The topological polar surface area (TPSA) is 55.9 Å². The second kappa shape index (κ2) is 4.83. The summed E-state index contributed by atoms with van der Waals surface area (Å²) in [5.74, 6) is 5.12. The van der Waals surface area contributed by atoms with E-state index < -0.39 is 6.04 Å². The molecule has 2 rings (SSSR count). The van der Waals surface area contributed by atoms with Gasteiger partial charge in [0.25, 0.3) is 0 Å². The highest BCUT2D eigenvalue weighted by Crippen LogP contribution is 2.27. The minimum Gasteiger partial charge on any atom is -0.275 e. The van der Waals surface area contributed by atoms with Crippen LogP contribution in [0.1, 0.15) is 17.3 Å². The van der Waals surface area contributed by atoms with E-state index in [4.69, 9.17) is 17.4 Å². The third-order valence-electron chi connectivity index (χ3n) is 2.47. The normalized spacial score (nSPS) is 12.7. The van der Waals surface area contributed by atoms with Gasteiger partial charge in [0.2, 0.25) is 0 Å². The molecule has 0 bridgehead atoms. The van der Waals surface area contributed by atoms with Crippen LogP contribution >= 0.6 is 11.6 Å². The number of hydrogen-bond donors (Lipinski definition) is 2. The maximum Gasteiger partial charge on any atom is 0.123 e. The van der Waals surface area contributed by atoms with Crippen LogP contribution in [-0.2, 0) is 7.05 Å². The van der Waals surface area contributed by atoms with Gasteiger partial charge in [0.15, 0.2) is 0 Å². The van der Waals surface area contributed by atoms with E-state index in [1.54, 1.807) is 24.0 Å².